The molecule has 31 heavy (non-hydrogen) atoms. The molecule has 2 aromatic carbocycles. The number of carbonyl (C=O) groups excluding carboxylic acids is 1. The molecule has 0 saturated heterocycles. The highest BCUT2D eigenvalue weighted by Gasteiger charge is 2.30. The van der Waals surface area contributed by atoms with Crippen molar-refractivity contribution in [1.82, 2.24) is 10.2 Å². The van der Waals surface area contributed by atoms with Crippen molar-refractivity contribution < 1.29 is 17.9 Å². The molecule has 164 valence electrons. The van der Waals surface area contributed by atoms with Gasteiger partial charge in [-0.2, -0.15) is 0 Å². The Hall–Kier alpha value is -2.98. The molecule has 0 bridgehead atoms. The van der Waals surface area contributed by atoms with Gasteiger partial charge in [0.05, 0.1) is 19.1 Å². The molecule has 8 nitrogen and oxygen atoms in total. The Labute approximate surface area is 185 Å². The Balaban J connectivity index is 1.81. The summed E-state index contributed by atoms with van der Waals surface area (Å²) >= 11 is 1.20. The molecular formula is C21H24N4O4S2. The summed E-state index contributed by atoms with van der Waals surface area (Å²) in [7, 11) is -2.11. The van der Waals surface area contributed by atoms with Crippen LogP contribution in [0.3, 0.4) is 0 Å². The molecular weight excluding hydrogens is 436 g/mol. The van der Waals surface area contributed by atoms with E-state index >= 15 is 0 Å². The van der Waals surface area contributed by atoms with Gasteiger partial charge >= 0.3 is 0 Å². The zero-order valence-corrected chi connectivity index (χ0v) is 19.5. The number of methoxy groups -OCH3 is 1. The maximum absolute atomic E-state index is 12.9. The van der Waals surface area contributed by atoms with Gasteiger partial charge in [-0.3, -0.25) is 14.4 Å². The third kappa shape index (κ3) is 5.20. The quantitative estimate of drug-likeness (QED) is 0.578. The van der Waals surface area contributed by atoms with Crippen molar-refractivity contribution in [3.63, 3.8) is 0 Å². The number of ether oxygens (including phenoxy) is 1. The number of aryl methyl sites for hydroxylation is 2. The van der Waals surface area contributed by atoms with Crippen LogP contribution in [-0.4, -0.2) is 43.9 Å². The van der Waals surface area contributed by atoms with Crippen molar-refractivity contribution in [2.24, 2.45) is 0 Å². The fourth-order valence-corrected chi connectivity index (χ4v) is 4.92. The Morgan fingerprint density at radius 1 is 1.10 bits per heavy atom. The van der Waals surface area contributed by atoms with Crippen LogP contribution in [0.4, 0.5) is 10.8 Å². The number of nitrogens with one attached hydrogen (secondary N) is 1. The SMILES string of the molecule is COc1ccc(-c2nnc(NC(=O)[C@@H](C)N(c3ccc(C)c(C)c3)S(C)(=O)=O)s2)cc1. The predicted octanol–water partition coefficient (Wildman–Crippen LogP) is 3.62. The molecule has 1 atom stereocenters. The third-order valence-electron chi connectivity index (χ3n) is 4.83. The molecule has 0 saturated carbocycles. The Morgan fingerprint density at radius 3 is 2.35 bits per heavy atom. The number of carbonyl (C=O) groups is 1. The lowest BCUT2D eigenvalue weighted by molar-refractivity contribution is -0.116. The van der Waals surface area contributed by atoms with Gasteiger partial charge in [0.1, 0.15) is 16.8 Å². The molecule has 0 fully saturated rings. The van der Waals surface area contributed by atoms with Crippen molar-refractivity contribution in [3.8, 4) is 16.3 Å². The second-order valence-electron chi connectivity index (χ2n) is 7.13. The van der Waals surface area contributed by atoms with Gasteiger partial charge in [0, 0.05) is 5.56 Å². The number of rotatable bonds is 7. The lowest BCUT2D eigenvalue weighted by atomic mass is 10.1. The molecule has 3 aromatic rings. The van der Waals surface area contributed by atoms with Crippen molar-refractivity contribution in [2.75, 3.05) is 23.0 Å². The zero-order chi connectivity index (χ0) is 22.8. The van der Waals surface area contributed by atoms with Gasteiger partial charge in [-0.05, 0) is 68.3 Å². The average molecular weight is 461 g/mol. The summed E-state index contributed by atoms with van der Waals surface area (Å²) in [6, 6.07) is 11.6. The molecule has 0 spiro atoms. The van der Waals surface area contributed by atoms with E-state index in [1.807, 2.05) is 44.2 Å². The van der Waals surface area contributed by atoms with Crippen LogP contribution in [0.1, 0.15) is 18.1 Å². The number of aromatic nitrogens is 2. The topological polar surface area (TPSA) is 101 Å². The van der Waals surface area contributed by atoms with Crippen LogP contribution < -0.4 is 14.4 Å². The van der Waals surface area contributed by atoms with E-state index in [0.717, 1.165) is 33.0 Å². The van der Waals surface area contributed by atoms with E-state index in [1.165, 1.54) is 18.3 Å². The van der Waals surface area contributed by atoms with Crippen molar-refractivity contribution >= 4 is 38.1 Å². The number of hydrogen-bond donors (Lipinski definition) is 1. The van der Waals surface area contributed by atoms with E-state index in [-0.39, 0.29) is 5.13 Å². The van der Waals surface area contributed by atoms with E-state index in [2.05, 4.69) is 15.5 Å². The summed E-state index contributed by atoms with van der Waals surface area (Å²) in [5, 5.41) is 11.7. The highest BCUT2D eigenvalue weighted by atomic mass is 32.2. The lowest BCUT2D eigenvalue weighted by Gasteiger charge is -2.28. The first kappa shape index (κ1) is 22.7. The summed E-state index contributed by atoms with van der Waals surface area (Å²) in [4.78, 5) is 12.9. The van der Waals surface area contributed by atoms with E-state index in [0.29, 0.717) is 10.7 Å². The predicted molar refractivity (Wildman–Crippen MR) is 123 cm³/mol. The molecule has 0 aliphatic rings. The van der Waals surface area contributed by atoms with Crippen LogP contribution >= 0.6 is 11.3 Å². The minimum Gasteiger partial charge on any atom is -0.497 e. The maximum atomic E-state index is 12.9. The van der Waals surface area contributed by atoms with Gasteiger partial charge in [0.15, 0.2) is 0 Å². The molecule has 1 N–H and O–H groups in total. The molecule has 3 rings (SSSR count). The summed E-state index contributed by atoms with van der Waals surface area (Å²) in [5.74, 6) is 0.226. The first-order chi connectivity index (χ1) is 14.6. The van der Waals surface area contributed by atoms with Gasteiger partial charge in [0.25, 0.3) is 0 Å². The number of nitrogens with zero attached hydrogens (tertiary/aromatic N) is 3. The monoisotopic (exact) mass is 460 g/mol. The van der Waals surface area contributed by atoms with Crippen LogP contribution in [0.5, 0.6) is 5.75 Å². The van der Waals surface area contributed by atoms with Crippen molar-refractivity contribution in [2.45, 2.75) is 26.8 Å². The summed E-state index contributed by atoms with van der Waals surface area (Å²) in [6.07, 6.45) is 1.08. The number of anilines is 2. The third-order valence-corrected chi connectivity index (χ3v) is 6.95. The number of hydrogen-bond acceptors (Lipinski definition) is 7. The molecule has 1 heterocycles. The van der Waals surface area contributed by atoms with Crippen LogP contribution in [0.15, 0.2) is 42.5 Å². The molecule has 10 heteroatoms. The summed E-state index contributed by atoms with van der Waals surface area (Å²) in [5.41, 5.74) is 3.24. The van der Waals surface area contributed by atoms with Gasteiger partial charge in [0.2, 0.25) is 21.1 Å². The number of benzene rings is 2. The fourth-order valence-electron chi connectivity index (χ4n) is 3.01. The Bertz CT molecular complexity index is 1190. The molecule has 0 unspecified atom stereocenters. The van der Waals surface area contributed by atoms with Crippen LogP contribution in [0.2, 0.25) is 0 Å². The normalized spacial score (nSPS) is 12.3. The standard InChI is InChI=1S/C21H24N4O4S2/c1-13-6-9-17(12-14(13)2)25(31(5,27)28)15(3)19(26)22-21-24-23-20(30-21)16-7-10-18(29-4)11-8-16/h6-12,15H,1-5H3,(H,22,24,26)/t15-/m1/s1. The minimum absolute atomic E-state index is 0.288. The number of amides is 1. The van der Waals surface area contributed by atoms with E-state index in [4.69, 9.17) is 4.74 Å². The maximum Gasteiger partial charge on any atom is 0.249 e. The van der Waals surface area contributed by atoms with Crippen molar-refractivity contribution in [1.29, 1.82) is 0 Å². The molecule has 1 amide bonds. The zero-order valence-electron chi connectivity index (χ0n) is 17.9. The van der Waals surface area contributed by atoms with Gasteiger partial charge < -0.3 is 4.74 Å². The average Bonchev–Trinajstić information content (AvgIpc) is 3.18. The number of sulfonamides is 1. The summed E-state index contributed by atoms with van der Waals surface area (Å²) in [6.45, 7) is 5.37. The first-order valence-corrected chi connectivity index (χ1v) is 12.1. The van der Waals surface area contributed by atoms with Gasteiger partial charge in [-0.25, -0.2) is 8.42 Å². The van der Waals surface area contributed by atoms with E-state index in [9.17, 15) is 13.2 Å². The minimum atomic E-state index is -3.70. The van der Waals surface area contributed by atoms with E-state index in [1.54, 1.807) is 19.2 Å². The van der Waals surface area contributed by atoms with Crippen molar-refractivity contribution in [3.05, 3.63) is 53.6 Å². The molecule has 0 aliphatic heterocycles. The Kier molecular flexibility index (Phi) is 6.61. The second-order valence-corrected chi connectivity index (χ2v) is 9.97. The smallest absolute Gasteiger partial charge is 0.249 e. The highest BCUT2D eigenvalue weighted by molar-refractivity contribution is 7.92. The van der Waals surface area contributed by atoms with Crippen LogP contribution in [0, 0.1) is 13.8 Å². The highest BCUT2D eigenvalue weighted by Crippen LogP contribution is 2.29. The first-order valence-electron chi connectivity index (χ1n) is 9.45. The van der Waals surface area contributed by atoms with Gasteiger partial charge in [-0.1, -0.05) is 17.4 Å². The van der Waals surface area contributed by atoms with Crippen LogP contribution in [-0.2, 0) is 14.8 Å². The fraction of sp³-hybridized carbons (Fsp3) is 0.286. The Morgan fingerprint density at radius 2 is 1.77 bits per heavy atom. The van der Waals surface area contributed by atoms with E-state index < -0.39 is 22.0 Å². The lowest BCUT2D eigenvalue weighted by Crippen LogP contribution is -2.45. The van der Waals surface area contributed by atoms with Crippen LogP contribution in [0.25, 0.3) is 10.6 Å². The summed E-state index contributed by atoms with van der Waals surface area (Å²) < 4.78 is 31.2. The largest absolute Gasteiger partial charge is 0.497 e. The molecule has 0 radical (unpaired) electrons. The second kappa shape index (κ2) is 9.03. The van der Waals surface area contributed by atoms with Gasteiger partial charge in [-0.15, -0.1) is 10.2 Å². The molecule has 1 aromatic heterocycles. The molecule has 0 aliphatic carbocycles.